The van der Waals surface area contributed by atoms with Crippen LogP contribution in [-0.2, 0) is 35.1 Å². The fourth-order valence-corrected chi connectivity index (χ4v) is 2.68. The Kier molecular flexibility index (Phi) is 7.94. The average Bonchev–Trinajstić information content (AvgIpc) is 2.68. The molecule has 0 unspecified atom stereocenters. The van der Waals surface area contributed by atoms with E-state index in [4.69, 9.17) is 4.74 Å². The average molecular weight is 376 g/mol. The molecule has 0 radical (unpaired) electrons. The quantitative estimate of drug-likeness (QED) is 0.625. The van der Waals surface area contributed by atoms with Gasteiger partial charge < -0.3 is 20.1 Å². The van der Waals surface area contributed by atoms with E-state index in [1.807, 2.05) is 30.3 Å². The van der Waals surface area contributed by atoms with Crippen LogP contribution < -0.4 is 10.6 Å². The van der Waals surface area contributed by atoms with Crippen molar-refractivity contribution in [3.8, 4) is 0 Å². The summed E-state index contributed by atoms with van der Waals surface area (Å²) >= 11 is 0. The largest absolute Gasteiger partial charge is 0.469 e. The second kappa shape index (κ2) is 10.4. The number of carbonyl (C=O) groups excluding carboxylic acids is 4. The smallest absolute Gasteiger partial charge is 0.306 e. The monoisotopic (exact) mass is 376 g/mol. The van der Waals surface area contributed by atoms with Gasteiger partial charge in [-0.2, -0.15) is 0 Å². The molecule has 2 N–H and O–H groups in total. The van der Waals surface area contributed by atoms with Crippen molar-refractivity contribution in [3.05, 3.63) is 35.9 Å². The van der Waals surface area contributed by atoms with Crippen LogP contribution in [0.4, 0.5) is 0 Å². The summed E-state index contributed by atoms with van der Waals surface area (Å²) in [5.41, 5.74) is 0.858. The van der Waals surface area contributed by atoms with Gasteiger partial charge in [0.2, 0.25) is 11.8 Å². The standard InChI is InChI=1S/C19H24N2O6/c1-26-18(24)8-7-17(23)20-14(11-13-5-3-2-4-6-13)19(25)21-15-12-27-10-9-16(15)22/h2-6,14-15H,7-12H2,1H3,(H,20,23)(H,21,25)/t14-,15-/m0/s1. The Bertz CT molecular complexity index is 676. The number of rotatable bonds is 8. The number of benzene rings is 1. The normalized spacial score (nSPS) is 17.7. The van der Waals surface area contributed by atoms with Gasteiger partial charge in [0.05, 0.1) is 26.7 Å². The van der Waals surface area contributed by atoms with Crippen molar-refractivity contribution in [3.63, 3.8) is 0 Å². The number of hydrogen-bond donors (Lipinski definition) is 2. The molecule has 1 heterocycles. The molecule has 2 atom stereocenters. The summed E-state index contributed by atoms with van der Waals surface area (Å²) in [5, 5.41) is 5.29. The summed E-state index contributed by atoms with van der Waals surface area (Å²) in [7, 11) is 1.25. The maximum atomic E-state index is 12.7. The van der Waals surface area contributed by atoms with Crippen molar-refractivity contribution < 1.29 is 28.7 Å². The maximum Gasteiger partial charge on any atom is 0.306 e. The molecule has 27 heavy (non-hydrogen) atoms. The Hall–Kier alpha value is -2.74. The van der Waals surface area contributed by atoms with E-state index in [0.717, 1.165) is 5.56 Å². The molecule has 0 spiro atoms. The molecule has 1 aromatic rings. The summed E-state index contributed by atoms with van der Waals surface area (Å²) in [6.45, 7) is 0.474. The Balaban J connectivity index is 2.01. The number of nitrogens with one attached hydrogen (secondary N) is 2. The molecule has 146 valence electrons. The lowest BCUT2D eigenvalue weighted by Crippen LogP contribution is -2.54. The van der Waals surface area contributed by atoms with Crippen molar-refractivity contribution in [2.24, 2.45) is 0 Å². The zero-order chi connectivity index (χ0) is 19.6. The zero-order valence-corrected chi connectivity index (χ0v) is 15.2. The van der Waals surface area contributed by atoms with Crippen LogP contribution in [0.3, 0.4) is 0 Å². The first-order chi connectivity index (χ1) is 13.0. The van der Waals surface area contributed by atoms with E-state index < -0.39 is 29.9 Å². The van der Waals surface area contributed by atoms with Crippen molar-refractivity contribution in [1.82, 2.24) is 10.6 Å². The highest BCUT2D eigenvalue weighted by Crippen LogP contribution is 2.07. The van der Waals surface area contributed by atoms with Gasteiger partial charge in [-0.3, -0.25) is 19.2 Å². The second-order valence-corrected chi connectivity index (χ2v) is 6.24. The van der Waals surface area contributed by atoms with Gasteiger partial charge in [0.1, 0.15) is 12.1 Å². The van der Waals surface area contributed by atoms with Gasteiger partial charge >= 0.3 is 5.97 Å². The van der Waals surface area contributed by atoms with Crippen LogP contribution in [0.2, 0.25) is 0 Å². The number of carbonyl (C=O) groups is 4. The Morgan fingerprint density at radius 3 is 2.63 bits per heavy atom. The highest BCUT2D eigenvalue weighted by Gasteiger charge is 2.28. The van der Waals surface area contributed by atoms with Gasteiger partial charge in [-0.05, 0) is 5.56 Å². The van der Waals surface area contributed by atoms with E-state index in [1.165, 1.54) is 7.11 Å². The van der Waals surface area contributed by atoms with Gasteiger partial charge in [-0.15, -0.1) is 0 Å². The van der Waals surface area contributed by atoms with E-state index >= 15 is 0 Å². The first-order valence-electron chi connectivity index (χ1n) is 8.80. The topological polar surface area (TPSA) is 111 Å². The molecule has 2 rings (SSSR count). The van der Waals surface area contributed by atoms with E-state index in [0.29, 0.717) is 6.61 Å². The number of amides is 2. The lowest BCUT2D eigenvalue weighted by molar-refractivity contribution is -0.142. The van der Waals surface area contributed by atoms with E-state index in [9.17, 15) is 19.2 Å². The summed E-state index contributed by atoms with van der Waals surface area (Å²) in [5.74, 6) is -1.50. The van der Waals surface area contributed by atoms with Gasteiger partial charge in [-0.25, -0.2) is 0 Å². The van der Waals surface area contributed by atoms with Crippen LogP contribution >= 0.6 is 0 Å². The molecule has 1 aliphatic rings. The van der Waals surface area contributed by atoms with Gasteiger partial charge in [-0.1, -0.05) is 30.3 Å². The first kappa shape index (κ1) is 20.6. The Morgan fingerprint density at radius 2 is 1.96 bits per heavy atom. The number of methoxy groups -OCH3 is 1. The lowest BCUT2D eigenvalue weighted by Gasteiger charge is -2.25. The number of ether oxygens (including phenoxy) is 2. The molecule has 0 aliphatic carbocycles. The van der Waals surface area contributed by atoms with Crippen molar-refractivity contribution >= 4 is 23.6 Å². The molecule has 8 nitrogen and oxygen atoms in total. The third-order valence-electron chi connectivity index (χ3n) is 4.20. The fourth-order valence-electron chi connectivity index (χ4n) is 2.68. The van der Waals surface area contributed by atoms with Gasteiger partial charge in [0.15, 0.2) is 5.78 Å². The molecule has 0 aromatic heterocycles. The third kappa shape index (κ3) is 6.82. The highest BCUT2D eigenvalue weighted by atomic mass is 16.5. The molecule has 1 saturated heterocycles. The minimum Gasteiger partial charge on any atom is -0.469 e. The second-order valence-electron chi connectivity index (χ2n) is 6.24. The number of hydrogen-bond acceptors (Lipinski definition) is 6. The van der Waals surface area contributed by atoms with Crippen molar-refractivity contribution in [2.45, 2.75) is 37.8 Å². The Morgan fingerprint density at radius 1 is 1.22 bits per heavy atom. The van der Waals surface area contributed by atoms with E-state index in [2.05, 4.69) is 15.4 Å². The molecule has 8 heteroatoms. The van der Waals surface area contributed by atoms with Crippen molar-refractivity contribution in [1.29, 1.82) is 0 Å². The van der Waals surface area contributed by atoms with Gasteiger partial charge in [0.25, 0.3) is 0 Å². The van der Waals surface area contributed by atoms with Crippen LogP contribution in [0.1, 0.15) is 24.8 Å². The molecular formula is C19H24N2O6. The molecule has 0 bridgehead atoms. The van der Waals surface area contributed by atoms with Gasteiger partial charge in [0, 0.05) is 19.3 Å². The first-order valence-corrected chi connectivity index (χ1v) is 8.80. The van der Waals surface area contributed by atoms with Crippen LogP contribution in [0.15, 0.2) is 30.3 Å². The van der Waals surface area contributed by atoms with Crippen LogP contribution in [0.25, 0.3) is 0 Å². The number of ketones is 1. The van der Waals surface area contributed by atoms with Crippen LogP contribution in [0.5, 0.6) is 0 Å². The predicted molar refractivity (Wildman–Crippen MR) is 95.7 cm³/mol. The SMILES string of the molecule is COC(=O)CCC(=O)N[C@@H](Cc1ccccc1)C(=O)N[C@H]1COCCC1=O. The highest BCUT2D eigenvalue weighted by molar-refractivity contribution is 5.93. The summed E-state index contributed by atoms with van der Waals surface area (Å²) in [4.78, 5) is 47.9. The summed E-state index contributed by atoms with van der Waals surface area (Å²) in [6.07, 6.45) is 0.353. The Labute approximate surface area is 157 Å². The molecule has 1 fully saturated rings. The molecular weight excluding hydrogens is 352 g/mol. The van der Waals surface area contributed by atoms with Crippen LogP contribution in [0, 0.1) is 0 Å². The summed E-state index contributed by atoms with van der Waals surface area (Å²) < 4.78 is 9.75. The maximum absolute atomic E-state index is 12.7. The van der Waals surface area contributed by atoms with Crippen molar-refractivity contribution in [2.75, 3.05) is 20.3 Å². The minimum atomic E-state index is -0.868. The molecule has 1 aliphatic heterocycles. The fraction of sp³-hybridized carbons (Fsp3) is 0.474. The number of esters is 1. The zero-order valence-electron chi connectivity index (χ0n) is 15.2. The van der Waals surface area contributed by atoms with E-state index in [-0.39, 0.29) is 38.1 Å². The third-order valence-corrected chi connectivity index (χ3v) is 4.20. The summed E-state index contributed by atoms with van der Waals surface area (Å²) in [6, 6.07) is 7.63. The molecule has 0 saturated carbocycles. The minimum absolute atomic E-state index is 0.0725. The lowest BCUT2D eigenvalue weighted by atomic mass is 10.0. The molecule has 1 aromatic carbocycles. The number of Topliss-reactive ketones (excluding diaryl/α,β-unsaturated/α-hetero) is 1. The van der Waals surface area contributed by atoms with E-state index in [1.54, 1.807) is 0 Å². The predicted octanol–water partition coefficient (Wildman–Crippen LogP) is 0.141. The van der Waals surface area contributed by atoms with Crippen LogP contribution in [-0.4, -0.2) is 56.0 Å². The molecule has 2 amide bonds.